The van der Waals surface area contributed by atoms with Gasteiger partial charge in [0.25, 0.3) is 13.4 Å². The predicted molar refractivity (Wildman–Crippen MR) is 198 cm³/mol. The van der Waals surface area contributed by atoms with E-state index in [2.05, 4.69) is 108 Å². The number of aromatic nitrogens is 1. The molecule has 0 aliphatic carbocycles. The molecule has 0 spiro atoms. The van der Waals surface area contributed by atoms with Gasteiger partial charge >= 0.3 is 0 Å². The summed E-state index contributed by atoms with van der Waals surface area (Å²) in [5.41, 5.74) is 14.5. The average Bonchev–Trinajstić information content (AvgIpc) is 3.82. The second kappa shape index (κ2) is 7.69. The van der Waals surface area contributed by atoms with Crippen LogP contribution in [-0.4, -0.2) is 18.0 Å². The molecule has 7 aromatic carbocycles. The van der Waals surface area contributed by atoms with Crippen LogP contribution in [0.1, 0.15) is 0 Å². The lowest BCUT2D eigenvalue weighted by atomic mass is 9.30. The van der Waals surface area contributed by atoms with Crippen LogP contribution in [0.2, 0.25) is 0 Å². The maximum atomic E-state index is 6.98. The minimum atomic E-state index is -0.0570. The van der Waals surface area contributed by atoms with E-state index in [1.165, 1.54) is 49.3 Å². The Labute approximate surface area is 278 Å². The van der Waals surface area contributed by atoms with Crippen LogP contribution in [0, 0.1) is 0 Å². The first-order valence-electron chi connectivity index (χ1n) is 16.8. The molecule has 3 aromatic heterocycles. The van der Waals surface area contributed by atoms with Gasteiger partial charge in [-0.3, -0.25) is 0 Å². The van der Waals surface area contributed by atoms with Gasteiger partial charge in [-0.15, -0.1) is 0 Å². The largest absolute Gasteiger partial charge is 0.458 e. The molecule has 0 saturated heterocycles. The lowest BCUT2D eigenvalue weighted by Gasteiger charge is -2.40. The third-order valence-corrected chi connectivity index (χ3v) is 11.7. The fraction of sp³-hybridized carbons (Fsp3) is 0. The van der Waals surface area contributed by atoms with Gasteiger partial charge in [0, 0.05) is 55.1 Å². The molecule has 0 unspecified atom stereocenters. The van der Waals surface area contributed by atoms with Gasteiger partial charge in [0.15, 0.2) is 0 Å². The topological polar surface area (TPSA) is 49.7 Å². The van der Waals surface area contributed by atoms with Crippen molar-refractivity contribution in [2.75, 3.05) is 0 Å². The SMILES string of the molecule is c1ccc2c(c1)oc1ccc3c(c12)B1c2c(cc4c5c2-n2c6c1cccc6c1cccc(c12)B5c1c(ccc2oc5ccccc5c12)O4)O3. The van der Waals surface area contributed by atoms with Crippen molar-refractivity contribution in [3.05, 3.63) is 115 Å². The Bertz CT molecular complexity index is 3050. The van der Waals surface area contributed by atoms with Crippen molar-refractivity contribution in [3.8, 4) is 28.7 Å². The summed E-state index contributed by atoms with van der Waals surface area (Å²) in [5, 5.41) is 7.00. The van der Waals surface area contributed by atoms with Crippen molar-refractivity contribution >= 4 is 112 Å². The van der Waals surface area contributed by atoms with Crippen LogP contribution in [-0.2, 0) is 0 Å². The quantitative estimate of drug-likeness (QED) is 0.182. The molecular formula is C42H19B2NO4. The molecule has 222 valence electrons. The zero-order valence-electron chi connectivity index (χ0n) is 25.7. The van der Waals surface area contributed by atoms with Crippen LogP contribution in [0.15, 0.2) is 124 Å². The minimum absolute atomic E-state index is 0.0570. The third kappa shape index (κ3) is 2.51. The molecule has 14 rings (SSSR count). The molecule has 0 saturated carbocycles. The molecule has 5 nitrogen and oxygen atoms in total. The molecule has 0 bridgehead atoms. The fourth-order valence-electron chi connectivity index (χ4n) is 10.0. The standard InChI is InChI=1S/C42H19B2NO4/c1-3-13-26-22(7-1)34-28(46-26)15-17-30-36(34)43-24-11-5-9-20-21-10-6-12-25-41(21)45(40(20)24)42-38(43)32(48-30)19-33-39(42)44(25)37-31(49-33)18-16-29-35(37)23-8-2-4-14-27(23)47-29/h1-19H. The predicted octanol–water partition coefficient (Wildman–Crippen LogP) is 6.45. The first kappa shape index (κ1) is 23.9. The summed E-state index contributed by atoms with van der Waals surface area (Å²) < 4.78 is 29.4. The smallest absolute Gasteiger partial charge is 0.257 e. The van der Waals surface area contributed by atoms with Crippen LogP contribution in [0.5, 0.6) is 23.0 Å². The molecule has 49 heavy (non-hydrogen) atoms. The zero-order chi connectivity index (χ0) is 31.3. The number of rotatable bonds is 0. The number of fused-ring (bicyclic) bond motifs is 15. The summed E-state index contributed by atoms with van der Waals surface area (Å²) in [7, 11) is 0. The lowest BCUT2D eigenvalue weighted by molar-refractivity contribution is 0.465. The van der Waals surface area contributed by atoms with E-state index in [0.717, 1.165) is 77.8 Å². The van der Waals surface area contributed by atoms with Crippen molar-refractivity contribution in [1.29, 1.82) is 0 Å². The lowest BCUT2D eigenvalue weighted by Crippen LogP contribution is -2.65. The van der Waals surface area contributed by atoms with Crippen LogP contribution >= 0.6 is 0 Å². The van der Waals surface area contributed by atoms with Crippen molar-refractivity contribution in [3.63, 3.8) is 0 Å². The summed E-state index contributed by atoms with van der Waals surface area (Å²) in [4.78, 5) is 0. The Morgan fingerprint density at radius 2 is 0.898 bits per heavy atom. The highest BCUT2D eigenvalue weighted by atomic mass is 16.5. The van der Waals surface area contributed by atoms with Crippen LogP contribution in [0.3, 0.4) is 0 Å². The molecule has 0 amide bonds. The third-order valence-electron chi connectivity index (χ3n) is 11.7. The maximum absolute atomic E-state index is 6.98. The Morgan fingerprint density at radius 3 is 1.43 bits per heavy atom. The van der Waals surface area contributed by atoms with Gasteiger partial charge in [-0.25, -0.2) is 0 Å². The molecule has 0 atom stereocenters. The highest BCUT2D eigenvalue weighted by Gasteiger charge is 2.50. The van der Waals surface area contributed by atoms with E-state index < -0.39 is 0 Å². The minimum Gasteiger partial charge on any atom is -0.458 e. The molecule has 4 aliphatic rings. The highest BCUT2D eigenvalue weighted by molar-refractivity contribution is 7.04. The molecule has 10 aromatic rings. The number of benzene rings is 7. The van der Waals surface area contributed by atoms with Gasteiger partial charge in [0.05, 0.1) is 0 Å². The van der Waals surface area contributed by atoms with E-state index >= 15 is 0 Å². The van der Waals surface area contributed by atoms with Gasteiger partial charge in [0.1, 0.15) is 45.3 Å². The van der Waals surface area contributed by atoms with Gasteiger partial charge in [0.2, 0.25) is 0 Å². The van der Waals surface area contributed by atoms with Crippen LogP contribution < -0.4 is 42.3 Å². The van der Waals surface area contributed by atoms with E-state index in [0.29, 0.717) is 0 Å². The number of nitrogens with zero attached hydrogens (tertiary/aromatic N) is 1. The summed E-state index contributed by atoms with van der Waals surface area (Å²) >= 11 is 0. The molecule has 7 heterocycles. The van der Waals surface area contributed by atoms with E-state index in [4.69, 9.17) is 18.3 Å². The van der Waals surface area contributed by atoms with E-state index in [9.17, 15) is 0 Å². The first-order valence-corrected chi connectivity index (χ1v) is 16.8. The van der Waals surface area contributed by atoms with Gasteiger partial charge in [-0.1, -0.05) is 72.8 Å². The van der Waals surface area contributed by atoms with E-state index in [1.54, 1.807) is 0 Å². The van der Waals surface area contributed by atoms with Crippen LogP contribution in [0.25, 0.3) is 71.4 Å². The van der Waals surface area contributed by atoms with Gasteiger partial charge in [-0.2, -0.15) is 0 Å². The maximum Gasteiger partial charge on any atom is 0.257 e. The summed E-state index contributed by atoms with van der Waals surface area (Å²) in [6.45, 7) is -0.114. The number of ether oxygens (including phenoxy) is 2. The average molecular weight is 623 g/mol. The highest BCUT2D eigenvalue weighted by Crippen LogP contribution is 2.44. The molecule has 4 aliphatic heterocycles. The normalized spacial score (nSPS) is 14.4. The molecule has 0 N–H and O–H groups in total. The summed E-state index contributed by atoms with van der Waals surface area (Å²) in [5.74, 6) is 3.42. The number of para-hydroxylation sites is 4. The first-order chi connectivity index (χ1) is 24.3. The second-order valence-electron chi connectivity index (χ2n) is 13.8. The Kier molecular flexibility index (Phi) is 3.75. The fourth-order valence-corrected chi connectivity index (χ4v) is 10.0. The van der Waals surface area contributed by atoms with Crippen molar-refractivity contribution < 1.29 is 18.3 Å². The van der Waals surface area contributed by atoms with Crippen molar-refractivity contribution in [1.82, 2.24) is 4.57 Å². The molecule has 7 heteroatoms. The number of hydrogen-bond acceptors (Lipinski definition) is 4. The Hall–Kier alpha value is -6.33. The number of furan rings is 2. The molecule has 0 fully saturated rings. The summed E-state index contributed by atoms with van der Waals surface area (Å²) in [6.07, 6.45) is 0. The Morgan fingerprint density at radius 1 is 0.408 bits per heavy atom. The molecule has 0 radical (unpaired) electrons. The van der Waals surface area contributed by atoms with Crippen LogP contribution in [0.4, 0.5) is 0 Å². The second-order valence-corrected chi connectivity index (χ2v) is 13.8. The Balaban J connectivity index is 1.21. The number of hydrogen-bond donors (Lipinski definition) is 0. The van der Waals surface area contributed by atoms with Gasteiger partial charge in [-0.05, 0) is 69.2 Å². The van der Waals surface area contributed by atoms with Crippen molar-refractivity contribution in [2.24, 2.45) is 0 Å². The monoisotopic (exact) mass is 623 g/mol. The van der Waals surface area contributed by atoms with Gasteiger partial charge < -0.3 is 22.9 Å². The van der Waals surface area contributed by atoms with E-state index in [1.807, 2.05) is 12.1 Å². The van der Waals surface area contributed by atoms with E-state index in [-0.39, 0.29) is 13.4 Å². The molecular weight excluding hydrogens is 604 g/mol. The summed E-state index contributed by atoms with van der Waals surface area (Å²) in [6, 6.07) is 40.8. The zero-order valence-corrected chi connectivity index (χ0v) is 25.7. The van der Waals surface area contributed by atoms with Crippen molar-refractivity contribution in [2.45, 2.75) is 0 Å².